The fourth-order valence-corrected chi connectivity index (χ4v) is 6.18. The summed E-state index contributed by atoms with van der Waals surface area (Å²) in [5, 5.41) is 0. The number of rotatable bonds is 1. The van der Waals surface area contributed by atoms with Crippen LogP contribution in [0.5, 0.6) is 0 Å². The Morgan fingerprint density at radius 1 is 1.00 bits per heavy atom. The maximum atomic E-state index is 11.7. The maximum Gasteiger partial charge on any atom is 0.341 e. The lowest BCUT2D eigenvalue weighted by molar-refractivity contribution is 0.0495. The minimum absolute atomic E-state index is 0.229. The van der Waals surface area contributed by atoms with Crippen molar-refractivity contribution in [2.75, 3.05) is 0 Å². The number of hydrogen-bond acceptors (Lipinski definition) is 4. The summed E-state index contributed by atoms with van der Waals surface area (Å²) in [7, 11) is -4.47. The van der Waals surface area contributed by atoms with Crippen LogP contribution in [0, 0.1) is 14.3 Å². The van der Waals surface area contributed by atoms with Gasteiger partial charge in [0.15, 0.2) is 0 Å². The van der Waals surface area contributed by atoms with E-state index < -0.39 is 21.5 Å². The summed E-state index contributed by atoms with van der Waals surface area (Å²) in [6, 6.07) is 0. The van der Waals surface area contributed by atoms with Crippen LogP contribution < -0.4 is 0 Å². The molecule has 5 nitrogen and oxygen atoms in total. The van der Waals surface area contributed by atoms with Crippen LogP contribution in [0.3, 0.4) is 0 Å². The molecule has 0 bridgehead atoms. The van der Waals surface area contributed by atoms with Gasteiger partial charge in [0.25, 0.3) is 5.44 Å². The second-order valence-electron chi connectivity index (χ2n) is 3.30. The summed E-state index contributed by atoms with van der Waals surface area (Å²) < 4.78 is 39.4. The van der Waals surface area contributed by atoms with Crippen molar-refractivity contribution in [2.24, 2.45) is 0 Å². The number of esters is 1. The third-order valence-corrected chi connectivity index (χ3v) is 10.6. The van der Waals surface area contributed by atoms with Crippen molar-refractivity contribution in [3.63, 3.8) is 0 Å². The molecule has 0 saturated heterocycles. The number of fused-ring (bicyclic) bond motifs is 1. The van der Waals surface area contributed by atoms with E-state index in [1.54, 1.807) is 0 Å². The normalized spacial score (nSPS) is 18.7. The van der Waals surface area contributed by atoms with Crippen LogP contribution >= 0.6 is 90.4 Å². The van der Waals surface area contributed by atoms with Gasteiger partial charge in [0.05, 0.1) is 5.56 Å². The topological polar surface area (TPSA) is 80.7 Å². The van der Waals surface area contributed by atoms with Gasteiger partial charge in [-0.3, -0.25) is 4.55 Å². The van der Waals surface area contributed by atoms with Gasteiger partial charge < -0.3 is 4.74 Å². The standard InChI is InChI=1S/C8H2I4O5S/c9-3-1-2(4(10)6(12)5(3)11)8(17-7(1)13)18(14,15)16/h8H,(H,14,15,16). The third-order valence-electron chi connectivity index (χ3n) is 2.23. The quantitative estimate of drug-likeness (QED) is 0.159. The van der Waals surface area contributed by atoms with Gasteiger partial charge >= 0.3 is 16.1 Å². The van der Waals surface area contributed by atoms with Crippen molar-refractivity contribution in [3.8, 4) is 0 Å². The van der Waals surface area contributed by atoms with Gasteiger partial charge in [-0.1, -0.05) is 0 Å². The minimum atomic E-state index is -4.47. The van der Waals surface area contributed by atoms with Crippen LogP contribution in [0.4, 0.5) is 0 Å². The number of ether oxygens (including phenoxy) is 1. The van der Waals surface area contributed by atoms with E-state index in [2.05, 4.69) is 45.2 Å². The Balaban J connectivity index is 2.88. The Kier molecular flexibility index (Phi) is 4.75. The molecule has 2 rings (SSSR count). The monoisotopic (exact) mass is 718 g/mol. The average Bonchev–Trinajstić information content (AvgIpc) is 2.61. The van der Waals surface area contributed by atoms with Crippen LogP contribution in [0.1, 0.15) is 21.4 Å². The molecule has 1 atom stereocenters. The Hall–Kier alpha value is 1.52. The zero-order chi connectivity index (χ0) is 13.8. The summed E-state index contributed by atoms with van der Waals surface area (Å²) in [6.07, 6.45) is 0. The van der Waals surface area contributed by atoms with Crippen molar-refractivity contribution >= 4 is 106 Å². The maximum absolute atomic E-state index is 11.7. The van der Waals surface area contributed by atoms with Crippen LogP contribution in [-0.4, -0.2) is 18.9 Å². The molecule has 10 heteroatoms. The molecule has 1 aromatic carbocycles. The zero-order valence-electron chi connectivity index (χ0n) is 8.08. The van der Waals surface area contributed by atoms with E-state index >= 15 is 0 Å². The van der Waals surface area contributed by atoms with E-state index in [0.29, 0.717) is 7.14 Å². The summed E-state index contributed by atoms with van der Waals surface area (Å²) in [4.78, 5) is 11.7. The Labute approximate surface area is 157 Å². The van der Waals surface area contributed by atoms with Crippen LogP contribution in [0.25, 0.3) is 0 Å². The molecule has 0 aliphatic carbocycles. The van der Waals surface area contributed by atoms with Crippen molar-refractivity contribution in [1.82, 2.24) is 0 Å². The fraction of sp³-hybridized carbons (Fsp3) is 0.125. The lowest BCUT2D eigenvalue weighted by atomic mass is 10.1. The average molecular weight is 718 g/mol. The summed E-state index contributed by atoms with van der Waals surface area (Å²) in [5.41, 5.74) is -1.16. The first-order valence-corrected chi connectivity index (χ1v) is 10.0. The molecule has 1 aromatic rings. The van der Waals surface area contributed by atoms with E-state index in [0.717, 1.165) is 7.14 Å². The van der Waals surface area contributed by atoms with Gasteiger partial charge in [0.1, 0.15) is 0 Å². The molecule has 1 aliphatic rings. The smallest absolute Gasteiger partial charge is 0.341 e. The first-order valence-electron chi connectivity index (χ1n) is 4.19. The van der Waals surface area contributed by atoms with E-state index in [1.807, 2.05) is 45.2 Å². The third kappa shape index (κ3) is 2.52. The van der Waals surface area contributed by atoms with Gasteiger partial charge in [-0.15, -0.1) is 0 Å². The number of hydrogen-bond donors (Lipinski definition) is 1. The second-order valence-corrected chi connectivity index (χ2v) is 9.07. The van der Waals surface area contributed by atoms with Crippen LogP contribution in [0.15, 0.2) is 0 Å². The summed E-state index contributed by atoms with van der Waals surface area (Å²) in [6.45, 7) is 0. The largest absolute Gasteiger partial charge is 0.435 e. The summed E-state index contributed by atoms with van der Waals surface area (Å²) in [5.74, 6) is -0.718. The summed E-state index contributed by atoms with van der Waals surface area (Å²) >= 11 is 8.08. The molecular formula is C8H2I4O5S. The Bertz CT molecular complexity index is 669. The predicted octanol–water partition coefficient (Wildman–Crippen LogP) is 3.16. The van der Waals surface area contributed by atoms with Gasteiger partial charge in [0.2, 0.25) is 0 Å². The first-order chi connectivity index (χ1) is 8.16. The first kappa shape index (κ1) is 15.9. The van der Waals surface area contributed by atoms with Crippen molar-refractivity contribution < 1.29 is 22.5 Å². The molecule has 0 radical (unpaired) electrons. The predicted molar refractivity (Wildman–Crippen MR) is 97.0 cm³/mol. The highest BCUT2D eigenvalue weighted by atomic mass is 127. The molecule has 1 heterocycles. The number of cyclic esters (lactones) is 1. The highest BCUT2D eigenvalue weighted by Crippen LogP contribution is 2.43. The molecule has 1 unspecified atom stereocenters. The second kappa shape index (κ2) is 5.38. The van der Waals surface area contributed by atoms with E-state index in [-0.39, 0.29) is 11.1 Å². The molecule has 0 aromatic heterocycles. The van der Waals surface area contributed by atoms with Crippen LogP contribution in [-0.2, 0) is 14.9 Å². The molecule has 0 saturated carbocycles. The Morgan fingerprint density at radius 2 is 1.50 bits per heavy atom. The number of halogens is 4. The zero-order valence-corrected chi connectivity index (χ0v) is 17.5. The lowest BCUT2D eigenvalue weighted by Gasteiger charge is -2.11. The molecular weight excluding hydrogens is 716 g/mol. The van der Waals surface area contributed by atoms with E-state index in [4.69, 9.17) is 9.29 Å². The highest BCUT2D eigenvalue weighted by Gasteiger charge is 2.43. The van der Waals surface area contributed by atoms with Gasteiger partial charge in [-0.2, -0.15) is 8.42 Å². The van der Waals surface area contributed by atoms with E-state index in [9.17, 15) is 13.2 Å². The number of benzene rings is 1. The lowest BCUT2D eigenvalue weighted by Crippen LogP contribution is -2.13. The van der Waals surface area contributed by atoms with Crippen molar-refractivity contribution in [2.45, 2.75) is 5.44 Å². The Morgan fingerprint density at radius 3 is 2.00 bits per heavy atom. The van der Waals surface area contributed by atoms with Crippen molar-refractivity contribution in [3.05, 3.63) is 25.4 Å². The van der Waals surface area contributed by atoms with Crippen molar-refractivity contribution in [1.29, 1.82) is 0 Å². The van der Waals surface area contributed by atoms with Gasteiger partial charge in [0, 0.05) is 19.8 Å². The molecule has 1 N–H and O–H groups in total. The minimum Gasteiger partial charge on any atom is -0.435 e. The molecule has 1 aliphatic heterocycles. The number of carbonyl (C=O) groups excluding carboxylic acids is 1. The molecule has 0 spiro atoms. The van der Waals surface area contributed by atoms with Crippen LogP contribution in [0.2, 0.25) is 0 Å². The molecule has 0 fully saturated rings. The molecule has 98 valence electrons. The molecule has 0 amide bonds. The van der Waals surface area contributed by atoms with Gasteiger partial charge in [-0.05, 0) is 90.4 Å². The number of carbonyl (C=O) groups is 1. The van der Waals surface area contributed by atoms with E-state index in [1.165, 1.54) is 0 Å². The SMILES string of the molecule is O=C1OC(S(=O)(=O)O)c2c(I)c(I)c(I)c(I)c21. The fourth-order valence-electron chi connectivity index (χ4n) is 1.49. The molecule has 18 heavy (non-hydrogen) atoms. The van der Waals surface area contributed by atoms with Gasteiger partial charge in [-0.25, -0.2) is 4.79 Å². The highest BCUT2D eigenvalue weighted by molar-refractivity contribution is 14.1.